The lowest BCUT2D eigenvalue weighted by Gasteiger charge is -2.30. The van der Waals surface area contributed by atoms with Crippen molar-refractivity contribution in [3.8, 4) is 0 Å². The van der Waals surface area contributed by atoms with E-state index in [1.807, 2.05) is 32.0 Å². The van der Waals surface area contributed by atoms with Gasteiger partial charge in [0, 0.05) is 30.2 Å². The Morgan fingerprint density at radius 1 is 1.25 bits per heavy atom. The van der Waals surface area contributed by atoms with E-state index in [1.54, 1.807) is 0 Å². The Morgan fingerprint density at radius 3 is 2.54 bits per heavy atom. The minimum Gasteiger partial charge on any atom is -0.358 e. The fourth-order valence-electron chi connectivity index (χ4n) is 3.27. The molecule has 1 aromatic heterocycles. The smallest absolute Gasteiger partial charge is 0.253 e. The molecule has 130 valence electrons. The molecule has 0 bridgehead atoms. The number of fused-ring (bicyclic) bond motifs is 1. The van der Waals surface area contributed by atoms with Gasteiger partial charge in [-0.15, -0.1) is 0 Å². The maximum absolute atomic E-state index is 12.7. The van der Waals surface area contributed by atoms with Crippen molar-refractivity contribution in [3.63, 3.8) is 0 Å². The lowest BCUT2D eigenvalue weighted by molar-refractivity contribution is 0.0925. The molecule has 7 heteroatoms. The Morgan fingerprint density at radius 2 is 1.92 bits per heavy atom. The quantitative estimate of drug-likeness (QED) is 0.888. The molecular formula is C17H23N3O3S. The van der Waals surface area contributed by atoms with Crippen LogP contribution in [0.25, 0.3) is 10.9 Å². The molecule has 1 aliphatic heterocycles. The molecule has 1 aromatic carbocycles. The number of hydrogen-bond donors (Lipinski definition) is 2. The number of aryl methyl sites for hydroxylation is 2. The minimum absolute atomic E-state index is 0.00270. The van der Waals surface area contributed by atoms with E-state index in [9.17, 15) is 13.2 Å². The fraction of sp³-hybridized carbons (Fsp3) is 0.471. The van der Waals surface area contributed by atoms with E-state index >= 15 is 0 Å². The van der Waals surface area contributed by atoms with Crippen LogP contribution >= 0.6 is 0 Å². The molecule has 0 spiro atoms. The zero-order valence-corrected chi connectivity index (χ0v) is 15.0. The topological polar surface area (TPSA) is 82.3 Å². The number of H-pyrrole nitrogens is 1. The van der Waals surface area contributed by atoms with Crippen molar-refractivity contribution in [1.82, 2.24) is 14.6 Å². The second-order valence-corrected chi connectivity index (χ2v) is 8.50. The standard InChI is InChI=1S/C17H23N3O3S/c1-11-12(2)18-16-14(11)5-4-6-15(16)17(21)19-13-7-9-20(10-8-13)24(3,22)23/h4-6,13,18H,7-10H2,1-3H3,(H,19,21). The van der Waals surface area contributed by atoms with Gasteiger partial charge in [0.25, 0.3) is 5.91 Å². The van der Waals surface area contributed by atoms with E-state index in [4.69, 9.17) is 0 Å². The molecule has 2 heterocycles. The van der Waals surface area contributed by atoms with Crippen molar-refractivity contribution in [3.05, 3.63) is 35.0 Å². The van der Waals surface area contributed by atoms with Crippen LogP contribution in [0.3, 0.4) is 0 Å². The van der Waals surface area contributed by atoms with Crippen molar-refractivity contribution in [1.29, 1.82) is 0 Å². The molecule has 3 rings (SSSR count). The van der Waals surface area contributed by atoms with Crippen LogP contribution in [0.2, 0.25) is 0 Å². The van der Waals surface area contributed by atoms with Crippen LogP contribution in [-0.2, 0) is 10.0 Å². The predicted octanol–water partition coefficient (Wildman–Crippen LogP) is 1.94. The van der Waals surface area contributed by atoms with Gasteiger partial charge in [0.1, 0.15) is 0 Å². The third-order valence-electron chi connectivity index (χ3n) is 4.85. The molecule has 2 aromatic rings. The highest BCUT2D eigenvalue weighted by Gasteiger charge is 2.26. The zero-order chi connectivity index (χ0) is 17.5. The molecule has 1 saturated heterocycles. The van der Waals surface area contributed by atoms with Crippen LogP contribution in [-0.4, -0.2) is 49.0 Å². The molecule has 1 aliphatic rings. The summed E-state index contributed by atoms with van der Waals surface area (Å²) in [6.45, 7) is 4.94. The number of aromatic amines is 1. The highest BCUT2D eigenvalue weighted by molar-refractivity contribution is 7.88. The lowest BCUT2D eigenvalue weighted by atomic mass is 10.0. The second kappa shape index (κ2) is 6.22. The summed E-state index contributed by atoms with van der Waals surface area (Å²) in [6, 6.07) is 5.72. The first-order valence-electron chi connectivity index (χ1n) is 8.11. The number of nitrogens with one attached hydrogen (secondary N) is 2. The number of para-hydroxylation sites is 1. The molecule has 0 saturated carbocycles. The predicted molar refractivity (Wildman–Crippen MR) is 94.7 cm³/mol. The van der Waals surface area contributed by atoms with Gasteiger partial charge in [0.05, 0.1) is 17.3 Å². The number of sulfonamides is 1. The van der Waals surface area contributed by atoms with E-state index in [1.165, 1.54) is 10.6 Å². The number of rotatable bonds is 3. The summed E-state index contributed by atoms with van der Waals surface area (Å²) in [4.78, 5) is 16.0. The maximum Gasteiger partial charge on any atom is 0.253 e. The third kappa shape index (κ3) is 3.18. The number of carbonyl (C=O) groups is 1. The summed E-state index contributed by atoms with van der Waals surface area (Å²) in [5.41, 5.74) is 3.71. The van der Waals surface area contributed by atoms with Gasteiger partial charge in [-0.2, -0.15) is 0 Å². The Kier molecular flexibility index (Phi) is 4.40. The molecule has 24 heavy (non-hydrogen) atoms. The van der Waals surface area contributed by atoms with Crippen LogP contribution < -0.4 is 5.32 Å². The van der Waals surface area contributed by atoms with Crippen LogP contribution in [0.5, 0.6) is 0 Å². The Balaban J connectivity index is 1.74. The first-order chi connectivity index (χ1) is 11.3. The number of amides is 1. The first-order valence-corrected chi connectivity index (χ1v) is 9.96. The number of piperidine rings is 1. The molecule has 6 nitrogen and oxygen atoms in total. The van der Waals surface area contributed by atoms with Crippen LogP contribution in [0.4, 0.5) is 0 Å². The SMILES string of the molecule is Cc1[nH]c2c(C(=O)NC3CCN(S(C)(=O)=O)CC3)cccc2c1C. The van der Waals surface area contributed by atoms with Crippen molar-refractivity contribution >= 4 is 26.8 Å². The number of carbonyl (C=O) groups excluding carboxylic acids is 1. The van der Waals surface area contributed by atoms with E-state index < -0.39 is 10.0 Å². The second-order valence-electron chi connectivity index (χ2n) is 6.51. The summed E-state index contributed by atoms with van der Waals surface area (Å²) in [5.74, 6) is -0.111. The fourth-order valence-corrected chi connectivity index (χ4v) is 4.14. The van der Waals surface area contributed by atoms with Crippen molar-refractivity contribution in [2.75, 3.05) is 19.3 Å². The average molecular weight is 349 g/mol. The summed E-state index contributed by atoms with van der Waals surface area (Å²) in [7, 11) is -3.15. The summed E-state index contributed by atoms with van der Waals surface area (Å²) < 4.78 is 24.6. The number of nitrogens with zero attached hydrogens (tertiary/aromatic N) is 1. The largest absolute Gasteiger partial charge is 0.358 e. The summed E-state index contributed by atoms with van der Waals surface area (Å²) in [5, 5.41) is 4.11. The molecule has 0 atom stereocenters. The van der Waals surface area contributed by atoms with Gasteiger partial charge in [-0.3, -0.25) is 4.79 Å². The monoisotopic (exact) mass is 349 g/mol. The minimum atomic E-state index is -3.15. The Bertz CT molecular complexity index is 878. The molecule has 0 unspecified atom stereocenters. The number of hydrogen-bond acceptors (Lipinski definition) is 3. The van der Waals surface area contributed by atoms with E-state index in [0.717, 1.165) is 22.2 Å². The number of aromatic nitrogens is 1. The highest BCUT2D eigenvalue weighted by Crippen LogP contribution is 2.24. The molecule has 0 aliphatic carbocycles. The lowest BCUT2D eigenvalue weighted by Crippen LogP contribution is -2.46. The third-order valence-corrected chi connectivity index (χ3v) is 6.15. The van der Waals surface area contributed by atoms with Gasteiger partial charge in [-0.05, 0) is 38.3 Å². The summed E-state index contributed by atoms with van der Waals surface area (Å²) >= 11 is 0. The van der Waals surface area contributed by atoms with Crippen LogP contribution in [0, 0.1) is 13.8 Å². The maximum atomic E-state index is 12.7. The number of benzene rings is 1. The highest BCUT2D eigenvalue weighted by atomic mass is 32.2. The van der Waals surface area contributed by atoms with Gasteiger partial charge in [-0.1, -0.05) is 12.1 Å². The zero-order valence-electron chi connectivity index (χ0n) is 14.2. The van der Waals surface area contributed by atoms with Gasteiger partial charge in [0.2, 0.25) is 10.0 Å². The molecule has 1 fully saturated rings. The van der Waals surface area contributed by atoms with E-state index in [2.05, 4.69) is 10.3 Å². The van der Waals surface area contributed by atoms with Crippen LogP contribution in [0.15, 0.2) is 18.2 Å². The van der Waals surface area contributed by atoms with E-state index in [0.29, 0.717) is 31.5 Å². The first kappa shape index (κ1) is 17.0. The molecular weight excluding hydrogens is 326 g/mol. The van der Waals surface area contributed by atoms with Gasteiger partial charge in [0.15, 0.2) is 0 Å². The Labute approximate surface area is 142 Å². The molecule has 0 radical (unpaired) electrons. The van der Waals surface area contributed by atoms with Crippen molar-refractivity contribution in [2.24, 2.45) is 0 Å². The van der Waals surface area contributed by atoms with Gasteiger partial charge in [-0.25, -0.2) is 12.7 Å². The molecule has 1 amide bonds. The van der Waals surface area contributed by atoms with E-state index in [-0.39, 0.29) is 11.9 Å². The Hall–Kier alpha value is -1.86. The summed E-state index contributed by atoms with van der Waals surface area (Å²) in [6.07, 6.45) is 2.50. The molecule has 2 N–H and O–H groups in total. The normalized spacial score (nSPS) is 17.3. The van der Waals surface area contributed by atoms with Crippen LogP contribution in [0.1, 0.15) is 34.5 Å². The van der Waals surface area contributed by atoms with Crippen molar-refractivity contribution < 1.29 is 13.2 Å². The van der Waals surface area contributed by atoms with Gasteiger partial charge < -0.3 is 10.3 Å². The van der Waals surface area contributed by atoms with Gasteiger partial charge >= 0.3 is 0 Å². The van der Waals surface area contributed by atoms with Crippen molar-refractivity contribution in [2.45, 2.75) is 32.7 Å². The average Bonchev–Trinajstić information content (AvgIpc) is 2.82.